The predicted molar refractivity (Wildman–Crippen MR) is 112 cm³/mol. The minimum atomic E-state index is 0.00829. The molecule has 0 saturated heterocycles. The molecular weight excluding hydrogens is 356 g/mol. The summed E-state index contributed by atoms with van der Waals surface area (Å²) in [6.07, 6.45) is 5.70. The molecule has 0 fully saturated rings. The second-order valence-electron chi connectivity index (χ2n) is 6.55. The van der Waals surface area contributed by atoms with Gasteiger partial charge < -0.3 is 9.80 Å². The lowest BCUT2D eigenvalue weighted by molar-refractivity contribution is 0.0785. The third-order valence-corrected chi connectivity index (χ3v) is 5.07. The molecule has 140 valence electrons. The third-order valence-electron chi connectivity index (χ3n) is 4.40. The quantitative estimate of drug-likeness (QED) is 0.608. The highest BCUT2D eigenvalue weighted by Gasteiger charge is 2.13. The van der Waals surface area contributed by atoms with Crippen molar-refractivity contribution in [1.82, 2.24) is 14.5 Å². The molecule has 6 heteroatoms. The van der Waals surface area contributed by atoms with Crippen molar-refractivity contribution in [3.8, 4) is 5.69 Å². The van der Waals surface area contributed by atoms with Crippen LogP contribution in [0.15, 0.2) is 66.1 Å². The Morgan fingerprint density at radius 1 is 1.04 bits per heavy atom. The SMILES string of the molecule is CSc1nccn1-c1ccc(C(=O)N(C)Cc2ccc(N(C)C)cc2)cc1. The normalized spacial score (nSPS) is 10.7. The first-order chi connectivity index (χ1) is 13.0. The van der Waals surface area contributed by atoms with Crippen molar-refractivity contribution in [2.24, 2.45) is 0 Å². The first-order valence-corrected chi connectivity index (χ1v) is 9.91. The number of amides is 1. The largest absolute Gasteiger partial charge is 0.378 e. The molecular formula is C21H24N4OS. The van der Waals surface area contributed by atoms with Crippen LogP contribution in [-0.2, 0) is 6.54 Å². The van der Waals surface area contributed by atoms with E-state index in [0.29, 0.717) is 12.1 Å². The van der Waals surface area contributed by atoms with Gasteiger partial charge in [-0.15, -0.1) is 0 Å². The van der Waals surface area contributed by atoms with Crippen molar-refractivity contribution in [2.75, 3.05) is 32.3 Å². The lowest BCUT2D eigenvalue weighted by Gasteiger charge is -2.19. The average molecular weight is 381 g/mol. The summed E-state index contributed by atoms with van der Waals surface area (Å²) in [5.74, 6) is 0.00829. The van der Waals surface area contributed by atoms with E-state index in [0.717, 1.165) is 22.1 Å². The Kier molecular flexibility index (Phi) is 5.86. The molecule has 0 aliphatic heterocycles. The van der Waals surface area contributed by atoms with Gasteiger partial charge in [0.1, 0.15) is 0 Å². The highest BCUT2D eigenvalue weighted by Crippen LogP contribution is 2.19. The zero-order valence-corrected chi connectivity index (χ0v) is 16.9. The number of benzene rings is 2. The molecule has 3 rings (SSSR count). The molecule has 3 aromatic rings. The molecule has 0 aliphatic carbocycles. The Hall–Kier alpha value is -2.73. The number of carbonyl (C=O) groups is 1. The number of thioether (sulfide) groups is 1. The van der Waals surface area contributed by atoms with Gasteiger partial charge in [0.25, 0.3) is 5.91 Å². The van der Waals surface area contributed by atoms with E-state index in [2.05, 4.69) is 34.1 Å². The minimum Gasteiger partial charge on any atom is -0.378 e. The summed E-state index contributed by atoms with van der Waals surface area (Å²) >= 11 is 1.59. The van der Waals surface area contributed by atoms with Gasteiger partial charge in [-0.1, -0.05) is 23.9 Å². The summed E-state index contributed by atoms with van der Waals surface area (Å²) in [4.78, 5) is 20.8. The molecule has 0 atom stereocenters. The summed E-state index contributed by atoms with van der Waals surface area (Å²) < 4.78 is 2.01. The highest BCUT2D eigenvalue weighted by atomic mass is 32.2. The lowest BCUT2D eigenvalue weighted by Crippen LogP contribution is -2.26. The topological polar surface area (TPSA) is 41.4 Å². The standard InChI is InChI=1S/C21H24N4OS/c1-23(2)18-9-5-16(6-10-18)15-24(3)20(26)17-7-11-19(12-8-17)25-14-13-22-21(25)27-4/h5-14H,15H2,1-4H3. The molecule has 1 amide bonds. The first kappa shape index (κ1) is 19.0. The van der Waals surface area contributed by atoms with Gasteiger partial charge in [-0.05, 0) is 48.2 Å². The smallest absolute Gasteiger partial charge is 0.253 e. The molecule has 0 saturated carbocycles. The third kappa shape index (κ3) is 4.34. The zero-order valence-electron chi connectivity index (χ0n) is 16.1. The molecule has 5 nitrogen and oxygen atoms in total. The van der Waals surface area contributed by atoms with Gasteiger partial charge in [0.2, 0.25) is 0 Å². The zero-order chi connectivity index (χ0) is 19.4. The maximum absolute atomic E-state index is 12.7. The van der Waals surface area contributed by atoms with Gasteiger partial charge >= 0.3 is 0 Å². The van der Waals surface area contributed by atoms with Gasteiger partial charge in [0.05, 0.1) is 0 Å². The number of rotatable bonds is 6. The van der Waals surface area contributed by atoms with E-state index in [1.807, 2.05) is 62.4 Å². The van der Waals surface area contributed by atoms with Crippen molar-refractivity contribution < 1.29 is 4.79 Å². The molecule has 0 N–H and O–H groups in total. The van der Waals surface area contributed by atoms with Crippen LogP contribution in [0.5, 0.6) is 0 Å². The Labute approximate surface area is 164 Å². The molecule has 1 aromatic heterocycles. The van der Waals surface area contributed by atoms with Crippen LogP contribution in [0.1, 0.15) is 15.9 Å². The van der Waals surface area contributed by atoms with Gasteiger partial charge in [-0.3, -0.25) is 9.36 Å². The fourth-order valence-corrected chi connectivity index (χ4v) is 3.40. The fourth-order valence-electron chi connectivity index (χ4n) is 2.87. The minimum absolute atomic E-state index is 0.00829. The monoisotopic (exact) mass is 380 g/mol. The van der Waals surface area contributed by atoms with E-state index in [1.165, 1.54) is 0 Å². The van der Waals surface area contributed by atoms with E-state index < -0.39 is 0 Å². The van der Waals surface area contributed by atoms with Crippen molar-refractivity contribution in [2.45, 2.75) is 11.7 Å². The Morgan fingerprint density at radius 3 is 2.30 bits per heavy atom. The molecule has 0 spiro atoms. The molecule has 2 aromatic carbocycles. The van der Waals surface area contributed by atoms with Crippen LogP contribution in [0, 0.1) is 0 Å². The summed E-state index contributed by atoms with van der Waals surface area (Å²) in [6, 6.07) is 15.9. The van der Waals surface area contributed by atoms with Crippen LogP contribution in [-0.4, -0.2) is 47.8 Å². The Balaban J connectivity index is 1.69. The second kappa shape index (κ2) is 8.31. The Bertz CT molecular complexity index is 901. The van der Waals surface area contributed by atoms with Gasteiger partial charge in [-0.25, -0.2) is 4.98 Å². The Morgan fingerprint density at radius 2 is 1.70 bits per heavy atom. The molecule has 0 aliphatic rings. The predicted octanol–water partition coefficient (Wildman–Crippen LogP) is 3.93. The van der Waals surface area contributed by atoms with Crippen LogP contribution < -0.4 is 4.90 Å². The van der Waals surface area contributed by atoms with Crippen molar-refractivity contribution >= 4 is 23.4 Å². The van der Waals surface area contributed by atoms with Crippen molar-refractivity contribution in [3.05, 3.63) is 72.1 Å². The molecule has 0 unspecified atom stereocenters. The first-order valence-electron chi connectivity index (χ1n) is 8.69. The van der Waals surface area contributed by atoms with Crippen molar-refractivity contribution in [3.63, 3.8) is 0 Å². The number of hydrogen-bond acceptors (Lipinski definition) is 4. The molecule has 27 heavy (non-hydrogen) atoms. The molecule has 1 heterocycles. The number of nitrogens with zero attached hydrogens (tertiary/aromatic N) is 4. The van der Waals surface area contributed by atoms with Crippen LogP contribution in [0.3, 0.4) is 0 Å². The summed E-state index contributed by atoms with van der Waals surface area (Å²) in [5.41, 5.74) is 3.93. The summed E-state index contributed by atoms with van der Waals surface area (Å²) in [7, 11) is 5.86. The van der Waals surface area contributed by atoms with E-state index in [9.17, 15) is 4.79 Å². The molecule has 0 radical (unpaired) electrons. The van der Waals surface area contributed by atoms with Crippen molar-refractivity contribution in [1.29, 1.82) is 0 Å². The average Bonchev–Trinajstić information content (AvgIpc) is 3.16. The summed E-state index contributed by atoms with van der Waals surface area (Å²) in [5, 5.41) is 0.923. The number of hydrogen-bond donors (Lipinski definition) is 0. The lowest BCUT2D eigenvalue weighted by atomic mass is 10.1. The van der Waals surface area contributed by atoms with Gasteiger partial charge in [-0.2, -0.15) is 0 Å². The number of anilines is 1. The van der Waals surface area contributed by atoms with E-state index in [4.69, 9.17) is 0 Å². The highest BCUT2D eigenvalue weighted by molar-refractivity contribution is 7.98. The maximum Gasteiger partial charge on any atom is 0.253 e. The van der Waals surface area contributed by atoms with Gasteiger partial charge in [0, 0.05) is 57.0 Å². The number of imidazole rings is 1. The number of carbonyl (C=O) groups excluding carboxylic acids is 1. The second-order valence-corrected chi connectivity index (χ2v) is 7.33. The van der Waals surface area contributed by atoms with E-state index >= 15 is 0 Å². The summed E-state index contributed by atoms with van der Waals surface area (Å²) in [6.45, 7) is 0.576. The van der Waals surface area contributed by atoms with E-state index in [-0.39, 0.29) is 5.91 Å². The van der Waals surface area contributed by atoms with Gasteiger partial charge in [0.15, 0.2) is 5.16 Å². The van der Waals surface area contributed by atoms with Crippen LogP contribution in [0.25, 0.3) is 5.69 Å². The molecule has 0 bridgehead atoms. The van der Waals surface area contributed by atoms with E-state index in [1.54, 1.807) is 22.9 Å². The van der Waals surface area contributed by atoms with Crippen LogP contribution in [0.4, 0.5) is 5.69 Å². The number of aromatic nitrogens is 2. The fraction of sp³-hybridized carbons (Fsp3) is 0.238. The maximum atomic E-state index is 12.7. The van der Waals surface area contributed by atoms with Crippen LogP contribution in [0.2, 0.25) is 0 Å². The van der Waals surface area contributed by atoms with Crippen LogP contribution >= 0.6 is 11.8 Å².